The van der Waals surface area contributed by atoms with E-state index >= 15 is 0 Å². The third-order valence-electron chi connectivity index (χ3n) is 6.00. The molecular weight excluding hydrogens is 318 g/mol. The van der Waals surface area contributed by atoms with Gasteiger partial charge in [0, 0.05) is 45.7 Å². The van der Waals surface area contributed by atoms with Gasteiger partial charge in [0.15, 0.2) is 0 Å². The quantitative estimate of drug-likeness (QED) is 0.829. The standard InChI is InChI=1S/C18H29N5O2/c1-14-19-18(20-25-14)22-11-6-16(7-12-22)23-10-4-5-15(13-23)17(24)21-8-2-3-9-21/h15-16H,2-13H2,1H3/t15-/m0/s1. The number of carbonyl (C=O) groups is 1. The Balaban J connectivity index is 1.31. The summed E-state index contributed by atoms with van der Waals surface area (Å²) in [6.45, 7) is 7.77. The van der Waals surface area contributed by atoms with E-state index in [0.717, 1.165) is 70.9 Å². The second kappa shape index (κ2) is 7.32. The number of aromatic nitrogens is 2. The fraction of sp³-hybridized carbons (Fsp3) is 0.833. The second-order valence-corrected chi connectivity index (χ2v) is 7.70. The highest BCUT2D eigenvalue weighted by Crippen LogP contribution is 2.27. The molecule has 25 heavy (non-hydrogen) atoms. The molecule has 0 N–H and O–H groups in total. The van der Waals surface area contributed by atoms with Crippen LogP contribution >= 0.6 is 0 Å². The molecule has 1 aromatic rings. The van der Waals surface area contributed by atoms with E-state index in [-0.39, 0.29) is 5.92 Å². The van der Waals surface area contributed by atoms with E-state index in [0.29, 0.717) is 17.8 Å². The van der Waals surface area contributed by atoms with Crippen molar-refractivity contribution in [3.8, 4) is 0 Å². The van der Waals surface area contributed by atoms with Gasteiger partial charge in [0.05, 0.1) is 5.92 Å². The lowest BCUT2D eigenvalue weighted by Crippen LogP contribution is -2.51. The predicted molar refractivity (Wildman–Crippen MR) is 94.4 cm³/mol. The molecule has 0 saturated carbocycles. The van der Waals surface area contributed by atoms with Crippen LogP contribution in [0.25, 0.3) is 0 Å². The number of anilines is 1. The SMILES string of the molecule is Cc1nc(N2CCC(N3CCC[C@H](C(=O)N4CCCC4)C3)CC2)no1. The molecule has 1 amide bonds. The van der Waals surface area contributed by atoms with Gasteiger partial charge in [0.2, 0.25) is 11.8 Å². The first-order chi connectivity index (χ1) is 12.2. The molecule has 0 radical (unpaired) electrons. The van der Waals surface area contributed by atoms with Crippen LogP contribution < -0.4 is 4.90 Å². The van der Waals surface area contributed by atoms with Crippen LogP contribution in [-0.2, 0) is 4.79 Å². The Morgan fingerprint density at radius 2 is 1.80 bits per heavy atom. The first-order valence-electron chi connectivity index (χ1n) is 9.79. The number of hydrogen-bond donors (Lipinski definition) is 0. The fourth-order valence-corrected chi connectivity index (χ4v) is 4.58. The van der Waals surface area contributed by atoms with Crippen LogP contribution in [0.3, 0.4) is 0 Å². The monoisotopic (exact) mass is 347 g/mol. The predicted octanol–water partition coefficient (Wildman–Crippen LogP) is 1.68. The van der Waals surface area contributed by atoms with Crippen LogP contribution in [0.1, 0.15) is 44.4 Å². The van der Waals surface area contributed by atoms with Crippen LogP contribution in [0, 0.1) is 12.8 Å². The summed E-state index contributed by atoms with van der Waals surface area (Å²) in [4.78, 5) is 23.9. The molecule has 3 aliphatic rings. The Morgan fingerprint density at radius 3 is 2.48 bits per heavy atom. The molecule has 4 rings (SSSR count). The highest BCUT2D eigenvalue weighted by atomic mass is 16.5. The molecule has 0 unspecified atom stereocenters. The van der Waals surface area contributed by atoms with E-state index in [1.165, 1.54) is 12.8 Å². The zero-order valence-electron chi connectivity index (χ0n) is 15.2. The average molecular weight is 347 g/mol. The third kappa shape index (κ3) is 3.66. The molecule has 1 aromatic heterocycles. The van der Waals surface area contributed by atoms with E-state index in [2.05, 4.69) is 24.8 Å². The van der Waals surface area contributed by atoms with Crippen molar-refractivity contribution in [1.29, 1.82) is 0 Å². The van der Waals surface area contributed by atoms with Gasteiger partial charge in [-0.2, -0.15) is 4.98 Å². The molecule has 7 heteroatoms. The van der Waals surface area contributed by atoms with E-state index < -0.39 is 0 Å². The van der Waals surface area contributed by atoms with Crippen LogP contribution in [0.15, 0.2) is 4.52 Å². The molecule has 0 aliphatic carbocycles. The van der Waals surface area contributed by atoms with Crippen molar-refractivity contribution in [2.45, 2.75) is 51.5 Å². The van der Waals surface area contributed by atoms with Crippen molar-refractivity contribution in [1.82, 2.24) is 19.9 Å². The molecule has 0 spiro atoms. The van der Waals surface area contributed by atoms with Gasteiger partial charge >= 0.3 is 0 Å². The van der Waals surface area contributed by atoms with Gasteiger partial charge in [-0.15, -0.1) is 0 Å². The normalized spacial score (nSPS) is 26.4. The maximum Gasteiger partial charge on any atom is 0.266 e. The van der Waals surface area contributed by atoms with Crippen molar-refractivity contribution in [2.75, 3.05) is 44.2 Å². The Kier molecular flexibility index (Phi) is 4.92. The van der Waals surface area contributed by atoms with E-state index in [1.807, 2.05) is 6.92 Å². The number of carbonyl (C=O) groups excluding carboxylic acids is 1. The third-order valence-corrected chi connectivity index (χ3v) is 6.00. The molecule has 3 aliphatic heterocycles. The number of hydrogen-bond acceptors (Lipinski definition) is 6. The molecule has 3 saturated heterocycles. The summed E-state index contributed by atoms with van der Waals surface area (Å²) in [6.07, 6.45) is 6.78. The largest absolute Gasteiger partial charge is 0.342 e. The first kappa shape index (κ1) is 16.8. The molecule has 1 atom stereocenters. The average Bonchev–Trinajstić information content (AvgIpc) is 3.33. The minimum absolute atomic E-state index is 0.213. The van der Waals surface area contributed by atoms with Crippen LogP contribution in [0.2, 0.25) is 0 Å². The second-order valence-electron chi connectivity index (χ2n) is 7.70. The van der Waals surface area contributed by atoms with Gasteiger partial charge in [0.1, 0.15) is 0 Å². The lowest BCUT2D eigenvalue weighted by atomic mass is 9.93. The lowest BCUT2D eigenvalue weighted by Gasteiger charge is -2.42. The number of amides is 1. The fourth-order valence-electron chi connectivity index (χ4n) is 4.58. The molecule has 138 valence electrons. The smallest absolute Gasteiger partial charge is 0.266 e. The summed E-state index contributed by atoms with van der Waals surface area (Å²) in [5.41, 5.74) is 0. The Morgan fingerprint density at radius 1 is 1.04 bits per heavy atom. The Hall–Kier alpha value is -1.63. The van der Waals surface area contributed by atoms with Gasteiger partial charge in [0.25, 0.3) is 5.95 Å². The molecule has 7 nitrogen and oxygen atoms in total. The van der Waals surface area contributed by atoms with Crippen molar-refractivity contribution in [2.24, 2.45) is 5.92 Å². The maximum atomic E-state index is 12.7. The summed E-state index contributed by atoms with van der Waals surface area (Å²) < 4.78 is 5.09. The van der Waals surface area contributed by atoms with Gasteiger partial charge < -0.3 is 14.3 Å². The number of nitrogens with zero attached hydrogens (tertiary/aromatic N) is 5. The zero-order chi connectivity index (χ0) is 17.2. The van der Waals surface area contributed by atoms with Crippen LogP contribution in [0.4, 0.5) is 5.95 Å². The topological polar surface area (TPSA) is 65.7 Å². The lowest BCUT2D eigenvalue weighted by molar-refractivity contribution is -0.136. The van der Waals surface area contributed by atoms with Crippen LogP contribution in [-0.4, -0.2) is 71.2 Å². The summed E-state index contributed by atoms with van der Waals surface area (Å²) in [7, 11) is 0. The van der Waals surface area contributed by atoms with Gasteiger partial charge in [-0.05, 0) is 50.2 Å². The van der Waals surface area contributed by atoms with Crippen LogP contribution in [0.5, 0.6) is 0 Å². The van der Waals surface area contributed by atoms with E-state index in [9.17, 15) is 4.79 Å². The summed E-state index contributed by atoms with van der Waals surface area (Å²) in [5.74, 6) is 1.96. The number of aryl methyl sites for hydroxylation is 1. The minimum Gasteiger partial charge on any atom is -0.342 e. The summed E-state index contributed by atoms with van der Waals surface area (Å²) in [5, 5.41) is 4.03. The van der Waals surface area contributed by atoms with Gasteiger partial charge in [-0.25, -0.2) is 0 Å². The molecule has 3 fully saturated rings. The van der Waals surface area contributed by atoms with Gasteiger partial charge in [-0.3, -0.25) is 9.69 Å². The maximum absolute atomic E-state index is 12.7. The Labute approximate surface area is 149 Å². The van der Waals surface area contributed by atoms with Crippen molar-refractivity contribution < 1.29 is 9.32 Å². The highest BCUT2D eigenvalue weighted by molar-refractivity contribution is 5.79. The number of piperidine rings is 2. The first-order valence-corrected chi connectivity index (χ1v) is 9.79. The molecular formula is C18H29N5O2. The molecule has 4 heterocycles. The van der Waals surface area contributed by atoms with Crippen molar-refractivity contribution in [3.05, 3.63) is 5.89 Å². The molecule has 0 aromatic carbocycles. The number of rotatable bonds is 3. The van der Waals surface area contributed by atoms with E-state index in [4.69, 9.17) is 4.52 Å². The number of likely N-dealkylation sites (tertiary alicyclic amines) is 2. The van der Waals surface area contributed by atoms with Crippen molar-refractivity contribution >= 4 is 11.9 Å². The summed E-state index contributed by atoms with van der Waals surface area (Å²) >= 11 is 0. The zero-order valence-corrected chi connectivity index (χ0v) is 15.2. The summed E-state index contributed by atoms with van der Waals surface area (Å²) in [6, 6.07) is 0.582. The highest BCUT2D eigenvalue weighted by Gasteiger charge is 2.34. The molecule has 0 bridgehead atoms. The Bertz CT molecular complexity index is 590. The van der Waals surface area contributed by atoms with Gasteiger partial charge in [-0.1, -0.05) is 0 Å². The van der Waals surface area contributed by atoms with Crippen molar-refractivity contribution in [3.63, 3.8) is 0 Å². The minimum atomic E-state index is 0.213. The van der Waals surface area contributed by atoms with E-state index in [1.54, 1.807) is 0 Å².